The Labute approximate surface area is 72.9 Å². The predicted octanol–water partition coefficient (Wildman–Crippen LogP) is 2.65. The van der Waals surface area contributed by atoms with Crippen molar-refractivity contribution in [2.24, 2.45) is 0 Å². The van der Waals surface area contributed by atoms with Crippen molar-refractivity contribution >= 4 is 6.08 Å². The van der Waals surface area contributed by atoms with Crippen molar-refractivity contribution in [2.45, 2.75) is 12.8 Å². The second kappa shape index (κ2) is 2.87. The van der Waals surface area contributed by atoms with E-state index in [4.69, 9.17) is 6.42 Å². The number of allylic oxidation sites excluding steroid dienone is 1. The quantitative estimate of drug-likeness (QED) is 0.504. The van der Waals surface area contributed by atoms with Crippen molar-refractivity contribution in [3.05, 3.63) is 41.0 Å². The molecule has 2 rings (SSSR count). The Balaban J connectivity index is 2.49. The van der Waals surface area contributed by atoms with E-state index in [0.29, 0.717) is 0 Å². The van der Waals surface area contributed by atoms with Gasteiger partial charge in [-0.2, -0.15) is 0 Å². The van der Waals surface area contributed by atoms with E-state index in [2.05, 4.69) is 36.3 Å². The number of terminal acetylenes is 1. The van der Waals surface area contributed by atoms with Crippen LogP contribution < -0.4 is 0 Å². The molecule has 1 aliphatic carbocycles. The van der Waals surface area contributed by atoms with E-state index in [0.717, 1.165) is 18.4 Å². The van der Waals surface area contributed by atoms with Gasteiger partial charge in [-0.05, 0) is 30.0 Å². The van der Waals surface area contributed by atoms with E-state index < -0.39 is 0 Å². The minimum absolute atomic E-state index is 1.02. The molecule has 0 radical (unpaired) electrons. The summed E-state index contributed by atoms with van der Waals surface area (Å²) >= 11 is 0. The van der Waals surface area contributed by atoms with Crippen molar-refractivity contribution < 1.29 is 0 Å². The van der Waals surface area contributed by atoms with Crippen LogP contribution in [0.2, 0.25) is 0 Å². The highest BCUT2D eigenvalue weighted by Gasteiger charge is 2.06. The molecule has 0 bridgehead atoms. The fourth-order valence-corrected chi connectivity index (χ4v) is 1.55. The second-order valence-electron chi connectivity index (χ2n) is 3.01. The van der Waals surface area contributed by atoms with Gasteiger partial charge >= 0.3 is 0 Å². The van der Waals surface area contributed by atoms with Crippen LogP contribution in [0.15, 0.2) is 29.8 Å². The molecule has 12 heavy (non-hydrogen) atoms. The molecular weight excluding hydrogens is 144 g/mol. The summed E-state index contributed by atoms with van der Waals surface area (Å²) in [6.07, 6.45) is 9.56. The standard InChI is InChI=1S/C12H10/c1-2-10-7-8-11-5-3-4-6-12(11)9-10/h1,3-6,9H,7-8H2. The number of rotatable bonds is 0. The van der Waals surface area contributed by atoms with E-state index in [1.807, 2.05) is 0 Å². The highest BCUT2D eigenvalue weighted by atomic mass is 14.1. The largest absolute Gasteiger partial charge is 0.115 e. The molecular formula is C12H10. The number of fused-ring (bicyclic) bond motifs is 1. The van der Waals surface area contributed by atoms with Crippen LogP contribution in [0.4, 0.5) is 0 Å². The number of aryl methyl sites for hydroxylation is 1. The van der Waals surface area contributed by atoms with E-state index in [1.165, 1.54) is 11.1 Å². The molecule has 0 aliphatic heterocycles. The molecule has 0 fully saturated rings. The smallest absolute Gasteiger partial charge is 0.00269 e. The summed E-state index contributed by atoms with van der Waals surface area (Å²) in [4.78, 5) is 0. The third-order valence-corrected chi connectivity index (χ3v) is 2.23. The van der Waals surface area contributed by atoms with Crippen molar-refractivity contribution in [2.75, 3.05) is 0 Å². The van der Waals surface area contributed by atoms with Crippen LogP contribution in [-0.4, -0.2) is 0 Å². The molecule has 0 heteroatoms. The Bertz CT molecular complexity index is 364. The zero-order valence-corrected chi connectivity index (χ0v) is 6.88. The average Bonchev–Trinajstić information content (AvgIpc) is 2.17. The Morgan fingerprint density at radius 1 is 1.17 bits per heavy atom. The summed E-state index contributed by atoms with van der Waals surface area (Å²) in [5.74, 6) is 2.71. The van der Waals surface area contributed by atoms with Gasteiger partial charge in [-0.15, -0.1) is 6.42 Å². The molecule has 0 aromatic heterocycles. The summed E-state index contributed by atoms with van der Waals surface area (Å²) < 4.78 is 0. The SMILES string of the molecule is C#CC1=Cc2ccccc2CC1. The fourth-order valence-electron chi connectivity index (χ4n) is 1.55. The third kappa shape index (κ3) is 1.14. The van der Waals surface area contributed by atoms with Crippen LogP contribution in [0, 0.1) is 12.3 Å². The fraction of sp³-hybridized carbons (Fsp3) is 0.167. The maximum absolute atomic E-state index is 5.34. The molecule has 0 amide bonds. The molecule has 0 nitrogen and oxygen atoms in total. The van der Waals surface area contributed by atoms with Gasteiger partial charge in [-0.3, -0.25) is 0 Å². The molecule has 0 N–H and O–H groups in total. The zero-order valence-electron chi connectivity index (χ0n) is 6.88. The first kappa shape index (κ1) is 7.18. The minimum atomic E-state index is 1.02. The lowest BCUT2D eigenvalue weighted by atomic mass is 9.93. The molecule has 0 saturated carbocycles. The summed E-state index contributed by atoms with van der Waals surface area (Å²) in [6, 6.07) is 8.41. The predicted molar refractivity (Wildman–Crippen MR) is 51.6 cm³/mol. The first-order chi connectivity index (χ1) is 5.90. The van der Waals surface area contributed by atoms with Crippen LogP contribution in [0.5, 0.6) is 0 Å². The van der Waals surface area contributed by atoms with Crippen molar-refractivity contribution in [1.29, 1.82) is 0 Å². The molecule has 1 aromatic rings. The van der Waals surface area contributed by atoms with Gasteiger partial charge in [0.1, 0.15) is 0 Å². The Kier molecular flexibility index (Phi) is 1.72. The maximum atomic E-state index is 5.34. The van der Waals surface area contributed by atoms with Crippen LogP contribution in [0.25, 0.3) is 6.08 Å². The zero-order chi connectivity index (χ0) is 8.39. The van der Waals surface area contributed by atoms with Gasteiger partial charge in [0.05, 0.1) is 0 Å². The Hall–Kier alpha value is -1.48. The Morgan fingerprint density at radius 3 is 2.83 bits per heavy atom. The number of hydrogen-bond donors (Lipinski definition) is 0. The lowest BCUT2D eigenvalue weighted by Gasteiger charge is -2.11. The van der Waals surface area contributed by atoms with Crippen molar-refractivity contribution in [3.63, 3.8) is 0 Å². The number of hydrogen-bond acceptors (Lipinski definition) is 0. The molecule has 0 unspecified atom stereocenters. The molecule has 0 heterocycles. The normalized spacial score (nSPS) is 14.4. The Morgan fingerprint density at radius 2 is 2.00 bits per heavy atom. The first-order valence-corrected chi connectivity index (χ1v) is 4.15. The molecule has 0 spiro atoms. The molecule has 0 saturated heterocycles. The van der Waals surface area contributed by atoms with Crippen LogP contribution in [-0.2, 0) is 6.42 Å². The summed E-state index contributed by atoms with van der Waals surface area (Å²) in [5, 5.41) is 0. The molecule has 1 aliphatic rings. The lowest BCUT2D eigenvalue weighted by Crippen LogP contribution is -1.96. The maximum Gasteiger partial charge on any atom is 0.00269 e. The molecule has 58 valence electrons. The monoisotopic (exact) mass is 154 g/mol. The lowest BCUT2D eigenvalue weighted by molar-refractivity contribution is 0.957. The number of benzene rings is 1. The van der Waals surface area contributed by atoms with Gasteiger partial charge in [-0.1, -0.05) is 30.2 Å². The van der Waals surface area contributed by atoms with Gasteiger partial charge in [0.15, 0.2) is 0 Å². The minimum Gasteiger partial charge on any atom is -0.115 e. The highest BCUT2D eigenvalue weighted by molar-refractivity contribution is 5.63. The summed E-state index contributed by atoms with van der Waals surface area (Å²) in [5.41, 5.74) is 3.82. The van der Waals surface area contributed by atoms with Gasteiger partial charge in [0.25, 0.3) is 0 Å². The van der Waals surface area contributed by atoms with Crippen LogP contribution in [0.1, 0.15) is 17.5 Å². The van der Waals surface area contributed by atoms with Crippen molar-refractivity contribution in [1.82, 2.24) is 0 Å². The van der Waals surface area contributed by atoms with Gasteiger partial charge in [0.2, 0.25) is 0 Å². The molecule has 0 atom stereocenters. The molecule has 1 aromatic carbocycles. The van der Waals surface area contributed by atoms with Gasteiger partial charge in [-0.25, -0.2) is 0 Å². The van der Waals surface area contributed by atoms with Gasteiger partial charge < -0.3 is 0 Å². The van der Waals surface area contributed by atoms with E-state index in [9.17, 15) is 0 Å². The van der Waals surface area contributed by atoms with E-state index in [-0.39, 0.29) is 0 Å². The average molecular weight is 154 g/mol. The van der Waals surface area contributed by atoms with E-state index >= 15 is 0 Å². The second-order valence-corrected chi connectivity index (χ2v) is 3.01. The van der Waals surface area contributed by atoms with Crippen molar-refractivity contribution in [3.8, 4) is 12.3 Å². The van der Waals surface area contributed by atoms with Crippen LogP contribution >= 0.6 is 0 Å². The van der Waals surface area contributed by atoms with Crippen LogP contribution in [0.3, 0.4) is 0 Å². The topological polar surface area (TPSA) is 0 Å². The summed E-state index contributed by atoms with van der Waals surface area (Å²) in [7, 11) is 0. The third-order valence-electron chi connectivity index (χ3n) is 2.23. The highest BCUT2D eigenvalue weighted by Crippen LogP contribution is 2.22. The first-order valence-electron chi connectivity index (χ1n) is 4.15. The van der Waals surface area contributed by atoms with E-state index in [1.54, 1.807) is 0 Å². The van der Waals surface area contributed by atoms with Gasteiger partial charge in [0, 0.05) is 5.57 Å². The summed E-state index contributed by atoms with van der Waals surface area (Å²) in [6.45, 7) is 0.